The maximum Gasteiger partial charge on any atom is 0.243 e. The highest BCUT2D eigenvalue weighted by Gasteiger charge is 2.33. The van der Waals surface area contributed by atoms with Crippen molar-refractivity contribution in [3.05, 3.63) is 41.6 Å². The van der Waals surface area contributed by atoms with E-state index in [1.807, 2.05) is 13.8 Å². The molecule has 7 nitrogen and oxygen atoms in total. The zero-order valence-corrected chi connectivity index (χ0v) is 16.1. The van der Waals surface area contributed by atoms with Gasteiger partial charge in [0.25, 0.3) is 0 Å². The molecule has 1 fully saturated rings. The SMILES string of the molecule is Cc1ccc(S(=O)(=O)N2CCC[C@@H](C(=O)Nc3cc(C)nn3C)C2)cc1. The van der Waals surface area contributed by atoms with E-state index in [0.717, 1.165) is 11.3 Å². The fourth-order valence-electron chi connectivity index (χ4n) is 3.19. The van der Waals surface area contributed by atoms with Gasteiger partial charge in [-0.1, -0.05) is 17.7 Å². The first-order valence-electron chi connectivity index (χ1n) is 8.65. The molecule has 3 rings (SSSR count). The van der Waals surface area contributed by atoms with Crippen molar-refractivity contribution in [1.82, 2.24) is 14.1 Å². The Hall–Kier alpha value is -2.19. The van der Waals surface area contributed by atoms with Gasteiger partial charge in [0.15, 0.2) is 0 Å². The third-order valence-electron chi connectivity index (χ3n) is 4.67. The molecule has 1 aliphatic heterocycles. The first kappa shape index (κ1) is 18.6. The molecule has 0 saturated carbocycles. The molecule has 2 aromatic rings. The zero-order chi connectivity index (χ0) is 18.9. The second kappa shape index (κ2) is 7.20. The molecule has 1 aromatic carbocycles. The number of sulfonamides is 1. The predicted molar refractivity (Wildman–Crippen MR) is 99.2 cm³/mol. The predicted octanol–water partition coefficient (Wildman–Crippen LogP) is 2.08. The number of nitrogens with zero attached hydrogens (tertiary/aromatic N) is 3. The summed E-state index contributed by atoms with van der Waals surface area (Å²) in [7, 11) is -1.82. The molecule has 1 aromatic heterocycles. The summed E-state index contributed by atoms with van der Waals surface area (Å²) in [5.41, 5.74) is 1.82. The second-order valence-electron chi connectivity index (χ2n) is 6.80. The van der Waals surface area contributed by atoms with Gasteiger partial charge in [-0.25, -0.2) is 8.42 Å². The zero-order valence-electron chi connectivity index (χ0n) is 15.3. The van der Waals surface area contributed by atoms with Crippen LogP contribution in [0.1, 0.15) is 24.1 Å². The number of benzene rings is 1. The van der Waals surface area contributed by atoms with E-state index in [4.69, 9.17) is 0 Å². The highest BCUT2D eigenvalue weighted by molar-refractivity contribution is 7.89. The van der Waals surface area contributed by atoms with Crippen LogP contribution < -0.4 is 5.32 Å². The maximum absolute atomic E-state index is 12.9. The fourth-order valence-corrected chi connectivity index (χ4v) is 4.71. The van der Waals surface area contributed by atoms with Crippen LogP contribution in [0.25, 0.3) is 0 Å². The molecule has 1 saturated heterocycles. The lowest BCUT2D eigenvalue weighted by Crippen LogP contribution is -2.43. The maximum atomic E-state index is 12.9. The molecular weight excluding hydrogens is 352 g/mol. The number of rotatable bonds is 4. The van der Waals surface area contributed by atoms with Crippen molar-refractivity contribution in [2.75, 3.05) is 18.4 Å². The number of carbonyl (C=O) groups is 1. The van der Waals surface area contributed by atoms with Crippen molar-refractivity contribution >= 4 is 21.7 Å². The quantitative estimate of drug-likeness (QED) is 0.885. The Morgan fingerprint density at radius 2 is 1.92 bits per heavy atom. The minimum atomic E-state index is -3.59. The minimum Gasteiger partial charge on any atom is -0.311 e. The Morgan fingerprint density at radius 3 is 2.54 bits per heavy atom. The van der Waals surface area contributed by atoms with Gasteiger partial charge in [0.05, 0.1) is 16.5 Å². The van der Waals surface area contributed by atoms with E-state index in [2.05, 4.69) is 10.4 Å². The summed E-state index contributed by atoms with van der Waals surface area (Å²) in [4.78, 5) is 12.9. The first-order chi connectivity index (χ1) is 12.3. The molecule has 0 bridgehead atoms. The molecule has 0 aliphatic carbocycles. The molecular formula is C18H24N4O3S. The van der Waals surface area contributed by atoms with E-state index in [9.17, 15) is 13.2 Å². The normalized spacial score (nSPS) is 18.7. The Balaban J connectivity index is 1.73. The molecule has 26 heavy (non-hydrogen) atoms. The molecule has 0 spiro atoms. The van der Waals surface area contributed by atoms with Crippen molar-refractivity contribution in [2.45, 2.75) is 31.6 Å². The van der Waals surface area contributed by atoms with Gasteiger partial charge in [-0.3, -0.25) is 9.48 Å². The van der Waals surface area contributed by atoms with Crippen LogP contribution >= 0.6 is 0 Å². The number of anilines is 1. The van der Waals surface area contributed by atoms with E-state index in [0.29, 0.717) is 25.2 Å². The van der Waals surface area contributed by atoms with Crippen LogP contribution in [0.3, 0.4) is 0 Å². The summed E-state index contributed by atoms with van der Waals surface area (Å²) in [6, 6.07) is 8.60. The van der Waals surface area contributed by atoms with Crippen LogP contribution in [-0.2, 0) is 21.9 Å². The van der Waals surface area contributed by atoms with Gasteiger partial charge >= 0.3 is 0 Å². The number of amides is 1. The smallest absolute Gasteiger partial charge is 0.243 e. The van der Waals surface area contributed by atoms with Gasteiger partial charge in [-0.15, -0.1) is 0 Å². The Kier molecular flexibility index (Phi) is 5.15. The van der Waals surface area contributed by atoms with Crippen molar-refractivity contribution in [3.8, 4) is 0 Å². The van der Waals surface area contributed by atoms with Crippen molar-refractivity contribution in [1.29, 1.82) is 0 Å². The molecule has 0 unspecified atom stereocenters. The Morgan fingerprint density at radius 1 is 1.23 bits per heavy atom. The first-order valence-corrected chi connectivity index (χ1v) is 10.1. The number of aromatic nitrogens is 2. The van der Waals surface area contributed by atoms with Crippen molar-refractivity contribution in [3.63, 3.8) is 0 Å². The summed E-state index contributed by atoms with van der Waals surface area (Å²) < 4.78 is 28.7. The monoisotopic (exact) mass is 376 g/mol. The van der Waals surface area contributed by atoms with Gasteiger partial charge in [-0.05, 0) is 38.8 Å². The van der Waals surface area contributed by atoms with E-state index in [-0.39, 0.29) is 23.3 Å². The molecule has 8 heteroatoms. The Bertz CT molecular complexity index is 903. The molecule has 1 atom stereocenters. The largest absolute Gasteiger partial charge is 0.311 e. The molecule has 1 N–H and O–H groups in total. The summed E-state index contributed by atoms with van der Waals surface area (Å²) >= 11 is 0. The lowest BCUT2D eigenvalue weighted by Gasteiger charge is -2.31. The van der Waals surface area contributed by atoms with Crippen molar-refractivity contribution in [2.24, 2.45) is 13.0 Å². The number of carbonyl (C=O) groups excluding carboxylic acids is 1. The van der Waals surface area contributed by atoms with E-state index in [1.54, 1.807) is 42.1 Å². The number of aryl methyl sites for hydroxylation is 3. The van der Waals surface area contributed by atoms with Gasteiger partial charge < -0.3 is 5.32 Å². The van der Waals surface area contributed by atoms with Gasteiger partial charge in [-0.2, -0.15) is 9.40 Å². The van der Waals surface area contributed by atoms with Crippen LogP contribution in [0.4, 0.5) is 5.82 Å². The molecule has 140 valence electrons. The average molecular weight is 376 g/mol. The summed E-state index contributed by atoms with van der Waals surface area (Å²) in [5, 5.41) is 7.07. The lowest BCUT2D eigenvalue weighted by atomic mass is 9.99. The standard InChI is InChI=1S/C18H24N4O3S/c1-13-6-8-16(9-7-13)26(24,25)22-10-4-5-15(12-22)18(23)19-17-11-14(2)20-21(17)3/h6-9,11,15H,4-5,10,12H2,1-3H3,(H,19,23)/t15-/m1/s1. The van der Waals surface area contributed by atoms with E-state index < -0.39 is 10.0 Å². The van der Waals surface area contributed by atoms with Crippen LogP contribution in [-0.4, -0.2) is 41.5 Å². The summed E-state index contributed by atoms with van der Waals surface area (Å²) in [6.07, 6.45) is 1.33. The van der Waals surface area contributed by atoms with Gasteiger partial charge in [0.2, 0.25) is 15.9 Å². The van der Waals surface area contributed by atoms with Crippen LogP contribution in [0.15, 0.2) is 35.2 Å². The summed E-state index contributed by atoms with van der Waals surface area (Å²) in [6.45, 7) is 4.40. The molecule has 2 heterocycles. The number of piperidine rings is 1. The third-order valence-corrected chi connectivity index (χ3v) is 6.55. The minimum absolute atomic E-state index is 0.170. The molecule has 1 amide bonds. The average Bonchev–Trinajstić information content (AvgIpc) is 2.92. The second-order valence-corrected chi connectivity index (χ2v) is 8.74. The van der Waals surface area contributed by atoms with Crippen LogP contribution in [0.2, 0.25) is 0 Å². The van der Waals surface area contributed by atoms with Gasteiger partial charge in [0.1, 0.15) is 5.82 Å². The van der Waals surface area contributed by atoms with E-state index >= 15 is 0 Å². The Labute approximate surface area is 154 Å². The number of hydrogen-bond donors (Lipinski definition) is 1. The molecule has 1 aliphatic rings. The van der Waals surface area contributed by atoms with Crippen LogP contribution in [0.5, 0.6) is 0 Å². The van der Waals surface area contributed by atoms with Gasteiger partial charge in [0, 0.05) is 26.2 Å². The highest BCUT2D eigenvalue weighted by Crippen LogP contribution is 2.25. The van der Waals surface area contributed by atoms with Crippen LogP contribution in [0, 0.1) is 19.8 Å². The van der Waals surface area contributed by atoms with E-state index in [1.165, 1.54) is 4.31 Å². The molecule has 0 radical (unpaired) electrons. The fraction of sp³-hybridized carbons (Fsp3) is 0.444. The number of nitrogens with one attached hydrogen (secondary N) is 1. The summed E-state index contributed by atoms with van der Waals surface area (Å²) in [5.74, 6) is 0.0713. The third kappa shape index (κ3) is 3.81. The lowest BCUT2D eigenvalue weighted by molar-refractivity contribution is -0.120. The highest BCUT2D eigenvalue weighted by atomic mass is 32.2. The number of hydrogen-bond acceptors (Lipinski definition) is 4. The topological polar surface area (TPSA) is 84.3 Å². The van der Waals surface area contributed by atoms with Crippen molar-refractivity contribution < 1.29 is 13.2 Å².